The van der Waals surface area contributed by atoms with Crippen LogP contribution in [0.2, 0.25) is 0 Å². The highest BCUT2D eigenvalue weighted by molar-refractivity contribution is 8.14. The van der Waals surface area contributed by atoms with Crippen LogP contribution in [0.15, 0.2) is 4.99 Å². The van der Waals surface area contributed by atoms with Crippen molar-refractivity contribution in [2.45, 2.75) is 32.2 Å². The first-order chi connectivity index (χ1) is 6.12. The summed E-state index contributed by atoms with van der Waals surface area (Å²) in [6, 6.07) is 0. The van der Waals surface area contributed by atoms with E-state index in [1.165, 1.54) is 0 Å². The molecule has 0 saturated carbocycles. The van der Waals surface area contributed by atoms with Crippen LogP contribution in [0.25, 0.3) is 0 Å². The summed E-state index contributed by atoms with van der Waals surface area (Å²) in [5, 5.41) is 3.00. The number of rotatable bonds is 3. The Labute approximate surface area is 85.0 Å². The van der Waals surface area contributed by atoms with Gasteiger partial charge in [-0.3, -0.25) is 10.4 Å². The molecule has 4 heteroatoms. The number of aliphatic imine (C=N–C) groups is 1. The average Bonchev–Trinajstić information content (AvgIpc) is 2.48. The van der Waals surface area contributed by atoms with Crippen molar-refractivity contribution in [3.05, 3.63) is 0 Å². The molecule has 0 spiro atoms. The summed E-state index contributed by atoms with van der Waals surface area (Å²) in [4.78, 5) is 4.72. The van der Waals surface area contributed by atoms with Crippen molar-refractivity contribution >= 4 is 16.9 Å². The molecule has 0 amide bonds. The first-order valence-corrected chi connectivity index (χ1v) is 5.77. The molecule has 76 valence electrons. The zero-order valence-electron chi connectivity index (χ0n) is 8.92. The van der Waals surface area contributed by atoms with E-state index in [0.29, 0.717) is 0 Å². The van der Waals surface area contributed by atoms with Crippen molar-refractivity contribution in [3.8, 4) is 0 Å². The molecule has 0 fully saturated rings. The second-order valence-corrected chi connectivity index (χ2v) is 4.61. The fourth-order valence-electron chi connectivity index (χ4n) is 1.34. The Morgan fingerprint density at radius 1 is 1.46 bits per heavy atom. The van der Waals surface area contributed by atoms with E-state index in [2.05, 4.69) is 19.3 Å². The highest BCUT2D eigenvalue weighted by Crippen LogP contribution is 2.32. The molecule has 0 atom stereocenters. The SMILES string of the molecule is CCC1(CC)CSC(NN(C)C)=N1. The summed E-state index contributed by atoms with van der Waals surface area (Å²) in [6.45, 7) is 4.43. The van der Waals surface area contributed by atoms with E-state index in [4.69, 9.17) is 4.99 Å². The molecule has 0 aromatic carbocycles. The van der Waals surface area contributed by atoms with Crippen LogP contribution in [0.4, 0.5) is 0 Å². The Balaban J connectivity index is 2.60. The third-order valence-electron chi connectivity index (χ3n) is 2.45. The lowest BCUT2D eigenvalue weighted by atomic mass is 9.97. The maximum Gasteiger partial charge on any atom is 0.171 e. The lowest BCUT2D eigenvalue weighted by molar-refractivity contribution is 0.362. The largest absolute Gasteiger partial charge is 0.298 e. The van der Waals surface area contributed by atoms with Crippen molar-refractivity contribution in [1.29, 1.82) is 0 Å². The van der Waals surface area contributed by atoms with E-state index in [1.54, 1.807) is 0 Å². The van der Waals surface area contributed by atoms with Crippen molar-refractivity contribution in [2.24, 2.45) is 4.99 Å². The van der Waals surface area contributed by atoms with Crippen LogP contribution in [0.1, 0.15) is 26.7 Å². The lowest BCUT2D eigenvalue weighted by Crippen LogP contribution is -2.34. The molecule has 1 aliphatic rings. The van der Waals surface area contributed by atoms with Crippen molar-refractivity contribution in [2.75, 3.05) is 19.8 Å². The van der Waals surface area contributed by atoms with Gasteiger partial charge in [0, 0.05) is 19.8 Å². The second kappa shape index (κ2) is 4.33. The third-order valence-corrected chi connectivity index (χ3v) is 3.59. The van der Waals surface area contributed by atoms with Crippen LogP contribution < -0.4 is 5.43 Å². The Morgan fingerprint density at radius 2 is 2.08 bits per heavy atom. The molecular weight excluding hydrogens is 182 g/mol. The molecule has 1 aliphatic heterocycles. The summed E-state index contributed by atoms with van der Waals surface area (Å²) in [6.07, 6.45) is 2.27. The summed E-state index contributed by atoms with van der Waals surface area (Å²) < 4.78 is 0. The van der Waals surface area contributed by atoms with Gasteiger partial charge in [0.2, 0.25) is 0 Å². The van der Waals surface area contributed by atoms with Crippen LogP contribution in [0.5, 0.6) is 0 Å². The number of thioether (sulfide) groups is 1. The normalized spacial score (nSPS) is 20.5. The van der Waals surface area contributed by atoms with E-state index in [0.717, 1.165) is 23.8 Å². The minimum absolute atomic E-state index is 0.197. The van der Waals surface area contributed by atoms with Crippen molar-refractivity contribution in [1.82, 2.24) is 10.4 Å². The highest BCUT2D eigenvalue weighted by atomic mass is 32.2. The summed E-state index contributed by atoms with van der Waals surface area (Å²) >= 11 is 1.82. The van der Waals surface area contributed by atoms with Crippen LogP contribution >= 0.6 is 11.8 Å². The zero-order chi connectivity index (χ0) is 9.90. The first kappa shape index (κ1) is 10.9. The van der Waals surface area contributed by atoms with Gasteiger partial charge in [0.1, 0.15) is 0 Å². The minimum Gasteiger partial charge on any atom is -0.298 e. The van der Waals surface area contributed by atoms with Gasteiger partial charge < -0.3 is 0 Å². The predicted octanol–water partition coefficient (Wildman–Crippen LogP) is 1.71. The molecule has 1 heterocycles. The molecule has 0 saturated heterocycles. The average molecular weight is 201 g/mol. The second-order valence-electron chi connectivity index (χ2n) is 3.64. The number of nitrogens with zero attached hydrogens (tertiary/aromatic N) is 2. The molecule has 0 radical (unpaired) electrons. The summed E-state index contributed by atoms with van der Waals surface area (Å²) in [5.41, 5.74) is 3.41. The third kappa shape index (κ3) is 2.61. The van der Waals surface area contributed by atoms with Gasteiger partial charge in [0.25, 0.3) is 0 Å². The van der Waals surface area contributed by atoms with Gasteiger partial charge in [0.05, 0.1) is 5.54 Å². The Morgan fingerprint density at radius 3 is 2.46 bits per heavy atom. The molecule has 0 bridgehead atoms. The Bertz CT molecular complexity index is 197. The van der Waals surface area contributed by atoms with E-state index in [-0.39, 0.29) is 5.54 Å². The maximum absolute atomic E-state index is 4.72. The lowest BCUT2D eigenvalue weighted by Gasteiger charge is -2.20. The van der Waals surface area contributed by atoms with E-state index >= 15 is 0 Å². The van der Waals surface area contributed by atoms with E-state index in [1.807, 2.05) is 30.9 Å². The van der Waals surface area contributed by atoms with Crippen LogP contribution in [0, 0.1) is 0 Å². The Hall–Kier alpha value is -0.220. The van der Waals surface area contributed by atoms with Gasteiger partial charge in [-0.05, 0) is 12.8 Å². The summed E-state index contributed by atoms with van der Waals surface area (Å²) in [7, 11) is 3.97. The number of hydrazine groups is 1. The zero-order valence-corrected chi connectivity index (χ0v) is 9.74. The summed E-state index contributed by atoms with van der Waals surface area (Å²) in [5.74, 6) is 1.12. The van der Waals surface area contributed by atoms with Gasteiger partial charge in [-0.1, -0.05) is 25.6 Å². The number of amidine groups is 1. The van der Waals surface area contributed by atoms with Gasteiger partial charge in [0.15, 0.2) is 5.17 Å². The minimum atomic E-state index is 0.197. The molecule has 0 aromatic rings. The molecule has 0 aromatic heterocycles. The number of hydrogen-bond donors (Lipinski definition) is 1. The molecule has 1 N–H and O–H groups in total. The van der Waals surface area contributed by atoms with Gasteiger partial charge in [-0.2, -0.15) is 0 Å². The highest BCUT2D eigenvalue weighted by Gasteiger charge is 2.32. The number of nitrogens with one attached hydrogen (secondary N) is 1. The monoisotopic (exact) mass is 201 g/mol. The van der Waals surface area contributed by atoms with Gasteiger partial charge in [-0.25, -0.2) is 5.01 Å². The van der Waals surface area contributed by atoms with E-state index in [9.17, 15) is 0 Å². The molecule has 0 aliphatic carbocycles. The smallest absolute Gasteiger partial charge is 0.171 e. The van der Waals surface area contributed by atoms with Gasteiger partial charge in [-0.15, -0.1) is 0 Å². The molecule has 1 rings (SSSR count). The first-order valence-electron chi connectivity index (χ1n) is 4.78. The van der Waals surface area contributed by atoms with Crippen molar-refractivity contribution < 1.29 is 0 Å². The quantitative estimate of drug-likeness (QED) is 0.705. The molecule has 13 heavy (non-hydrogen) atoms. The fourth-order valence-corrected chi connectivity index (χ4v) is 2.73. The number of hydrogen-bond acceptors (Lipinski definition) is 4. The van der Waals surface area contributed by atoms with Crippen LogP contribution in [-0.4, -0.2) is 35.6 Å². The van der Waals surface area contributed by atoms with Crippen LogP contribution in [-0.2, 0) is 0 Å². The maximum atomic E-state index is 4.72. The predicted molar refractivity (Wildman–Crippen MR) is 60.0 cm³/mol. The molecule has 0 unspecified atom stereocenters. The van der Waals surface area contributed by atoms with Gasteiger partial charge >= 0.3 is 0 Å². The Kier molecular flexibility index (Phi) is 3.62. The van der Waals surface area contributed by atoms with Crippen molar-refractivity contribution in [3.63, 3.8) is 0 Å². The topological polar surface area (TPSA) is 27.6 Å². The standard InChI is InChI=1S/C9H19N3S/c1-5-9(6-2)7-13-8(10-9)11-12(3)4/h5-7H2,1-4H3,(H,10,11). The fraction of sp³-hybridized carbons (Fsp3) is 0.889. The molecular formula is C9H19N3S. The van der Waals surface area contributed by atoms with Crippen LogP contribution in [0.3, 0.4) is 0 Å². The molecule has 3 nitrogen and oxygen atoms in total. The van der Waals surface area contributed by atoms with E-state index < -0.39 is 0 Å².